The Balaban J connectivity index is 2.07. The normalized spacial score (nSPS) is 11.0. The van der Waals surface area contributed by atoms with Gasteiger partial charge in [0.25, 0.3) is 0 Å². The van der Waals surface area contributed by atoms with Gasteiger partial charge in [-0.2, -0.15) is 0 Å². The van der Waals surface area contributed by atoms with E-state index in [-0.39, 0.29) is 0 Å². The molecule has 0 fully saturated rings. The molecule has 0 radical (unpaired) electrons. The number of benzene rings is 1. The number of hydrogen-bond acceptors (Lipinski definition) is 2. The van der Waals surface area contributed by atoms with Gasteiger partial charge in [-0.1, -0.05) is 43.2 Å². The maximum atomic E-state index is 5.42. The molecule has 0 unspecified atom stereocenters. The molecule has 1 aromatic carbocycles. The topological polar surface area (TPSA) is 38.4 Å². The predicted molar refractivity (Wildman–Crippen MR) is 66.4 cm³/mol. The highest BCUT2D eigenvalue weighted by molar-refractivity contribution is 5.79. The van der Waals surface area contributed by atoms with Crippen LogP contribution in [0.25, 0.3) is 0 Å². The monoisotopic (exact) mass is 204 g/mol. The van der Waals surface area contributed by atoms with Crippen molar-refractivity contribution in [2.24, 2.45) is 10.7 Å². The summed E-state index contributed by atoms with van der Waals surface area (Å²) in [5.74, 6) is 0. The van der Waals surface area contributed by atoms with Crippen LogP contribution in [0.1, 0.15) is 31.2 Å². The third kappa shape index (κ3) is 6.02. The Labute approximate surface area is 92.2 Å². The first-order valence-corrected chi connectivity index (χ1v) is 5.68. The van der Waals surface area contributed by atoms with Gasteiger partial charge in [-0.3, -0.25) is 4.99 Å². The minimum absolute atomic E-state index is 0.813. The highest BCUT2D eigenvalue weighted by Gasteiger charge is 1.87. The fraction of sp³-hybridized carbons (Fsp3) is 0.462. The van der Waals surface area contributed by atoms with Crippen LogP contribution in [0.5, 0.6) is 0 Å². The van der Waals surface area contributed by atoms with E-state index in [0.29, 0.717) is 0 Å². The summed E-state index contributed by atoms with van der Waals surface area (Å²) >= 11 is 0. The fourth-order valence-corrected chi connectivity index (χ4v) is 1.41. The van der Waals surface area contributed by atoms with E-state index in [1.54, 1.807) is 0 Å². The molecule has 0 saturated carbocycles. The predicted octanol–water partition coefficient (Wildman–Crippen LogP) is 2.62. The second kappa shape index (κ2) is 8.18. The first kappa shape index (κ1) is 11.9. The number of aliphatic imine (C=N–C) groups is 1. The summed E-state index contributed by atoms with van der Waals surface area (Å²) in [4.78, 5) is 4.38. The Morgan fingerprint density at radius 3 is 2.47 bits per heavy atom. The maximum Gasteiger partial charge on any atom is 0.0389 e. The van der Waals surface area contributed by atoms with Gasteiger partial charge >= 0.3 is 0 Å². The molecule has 0 heterocycles. The summed E-state index contributed by atoms with van der Waals surface area (Å²) < 4.78 is 0. The van der Waals surface area contributed by atoms with E-state index in [1.807, 2.05) is 24.4 Å². The summed E-state index contributed by atoms with van der Waals surface area (Å²) in [6, 6.07) is 10.2. The van der Waals surface area contributed by atoms with Crippen molar-refractivity contribution in [1.82, 2.24) is 0 Å². The van der Waals surface area contributed by atoms with Gasteiger partial charge in [-0.25, -0.2) is 0 Å². The number of hydrogen-bond donors (Lipinski definition) is 1. The molecule has 2 heteroatoms. The highest BCUT2D eigenvalue weighted by atomic mass is 14.7. The third-order valence-electron chi connectivity index (χ3n) is 2.28. The second-order valence-corrected chi connectivity index (χ2v) is 3.65. The van der Waals surface area contributed by atoms with Gasteiger partial charge in [0, 0.05) is 12.8 Å². The van der Waals surface area contributed by atoms with Crippen molar-refractivity contribution < 1.29 is 0 Å². The molecule has 0 saturated heterocycles. The largest absolute Gasteiger partial charge is 0.330 e. The van der Waals surface area contributed by atoms with Crippen LogP contribution in [0, 0.1) is 0 Å². The molecule has 1 rings (SSSR count). The van der Waals surface area contributed by atoms with Crippen molar-refractivity contribution in [2.75, 3.05) is 13.1 Å². The van der Waals surface area contributed by atoms with Crippen LogP contribution in [0.3, 0.4) is 0 Å². The van der Waals surface area contributed by atoms with E-state index in [1.165, 1.54) is 24.8 Å². The van der Waals surface area contributed by atoms with Crippen LogP contribution < -0.4 is 5.73 Å². The molecule has 2 nitrogen and oxygen atoms in total. The molecule has 1 aromatic rings. The van der Waals surface area contributed by atoms with Gasteiger partial charge in [0.2, 0.25) is 0 Å². The van der Waals surface area contributed by atoms with Crippen molar-refractivity contribution in [3.8, 4) is 0 Å². The first-order valence-electron chi connectivity index (χ1n) is 5.68. The molecule has 0 aliphatic heterocycles. The lowest BCUT2D eigenvalue weighted by atomic mass is 10.2. The molecular weight excluding hydrogens is 184 g/mol. The summed E-state index contributed by atoms with van der Waals surface area (Å²) in [5, 5.41) is 0. The molecular formula is C13H20N2. The Kier molecular flexibility index (Phi) is 6.50. The average Bonchev–Trinajstić information content (AvgIpc) is 2.29. The molecule has 0 atom stereocenters. The zero-order chi connectivity index (χ0) is 10.8. The lowest BCUT2D eigenvalue weighted by molar-refractivity contribution is 0.654. The number of rotatable bonds is 7. The second-order valence-electron chi connectivity index (χ2n) is 3.65. The van der Waals surface area contributed by atoms with Crippen LogP contribution in [-0.4, -0.2) is 19.3 Å². The zero-order valence-electron chi connectivity index (χ0n) is 9.23. The van der Waals surface area contributed by atoms with Gasteiger partial charge in [-0.05, 0) is 24.9 Å². The SMILES string of the molecule is NCCCCCCN=Cc1ccccc1. The summed E-state index contributed by atoms with van der Waals surface area (Å²) in [7, 11) is 0. The van der Waals surface area contributed by atoms with Gasteiger partial charge in [0.15, 0.2) is 0 Å². The van der Waals surface area contributed by atoms with E-state index < -0.39 is 0 Å². The summed E-state index contributed by atoms with van der Waals surface area (Å²) in [5.41, 5.74) is 6.60. The molecule has 0 amide bonds. The van der Waals surface area contributed by atoms with Gasteiger partial charge in [0.1, 0.15) is 0 Å². The van der Waals surface area contributed by atoms with E-state index in [2.05, 4.69) is 17.1 Å². The zero-order valence-corrected chi connectivity index (χ0v) is 9.23. The standard InChI is InChI=1S/C13H20N2/c14-10-6-1-2-7-11-15-12-13-8-4-3-5-9-13/h3-5,8-9,12H,1-2,6-7,10-11,14H2. The molecule has 0 bridgehead atoms. The van der Waals surface area contributed by atoms with E-state index in [9.17, 15) is 0 Å². The molecule has 0 aliphatic carbocycles. The number of nitrogens with two attached hydrogens (primary N) is 1. The molecule has 0 aromatic heterocycles. The Morgan fingerprint density at radius 1 is 1.00 bits per heavy atom. The van der Waals surface area contributed by atoms with Crippen molar-refractivity contribution in [2.45, 2.75) is 25.7 Å². The molecule has 0 aliphatic rings. The molecule has 82 valence electrons. The summed E-state index contributed by atoms with van der Waals surface area (Å²) in [6.45, 7) is 1.74. The van der Waals surface area contributed by atoms with Crippen molar-refractivity contribution >= 4 is 6.21 Å². The third-order valence-corrected chi connectivity index (χ3v) is 2.28. The van der Waals surface area contributed by atoms with Crippen LogP contribution in [-0.2, 0) is 0 Å². The van der Waals surface area contributed by atoms with Crippen LogP contribution in [0.15, 0.2) is 35.3 Å². The Bertz CT molecular complexity index is 267. The minimum atomic E-state index is 0.813. The van der Waals surface area contributed by atoms with Crippen LogP contribution in [0.4, 0.5) is 0 Å². The average molecular weight is 204 g/mol. The van der Waals surface area contributed by atoms with Gasteiger partial charge in [-0.15, -0.1) is 0 Å². The molecule has 2 N–H and O–H groups in total. The highest BCUT2D eigenvalue weighted by Crippen LogP contribution is 1.99. The van der Waals surface area contributed by atoms with Gasteiger partial charge < -0.3 is 5.73 Å². The van der Waals surface area contributed by atoms with Gasteiger partial charge in [0.05, 0.1) is 0 Å². The van der Waals surface area contributed by atoms with E-state index in [4.69, 9.17) is 5.73 Å². The van der Waals surface area contributed by atoms with Crippen LogP contribution in [0.2, 0.25) is 0 Å². The minimum Gasteiger partial charge on any atom is -0.330 e. The van der Waals surface area contributed by atoms with Crippen molar-refractivity contribution in [3.63, 3.8) is 0 Å². The van der Waals surface area contributed by atoms with Crippen molar-refractivity contribution in [3.05, 3.63) is 35.9 Å². The van der Waals surface area contributed by atoms with Crippen molar-refractivity contribution in [1.29, 1.82) is 0 Å². The quantitative estimate of drug-likeness (QED) is 0.538. The Morgan fingerprint density at radius 2 is 1.73 bits per heavy atom. The molecule has 15 heavy (non-hydrogen) atoms. The maximum absolute atomic E-state index is 5.42. The summed E-state index contributed by atoms with van der Waals surface area (Å²) in [6.07, 6.45) is 6.73. The van der Waals surface area contributed by atoms with E-state index >= 15 is 0 Å². The Hall–Kier alpha value is -1.15. The smallest absolute Gasteiger partial charge is 0.0389 e. The number of nitrogens with zero attached hydrogens (tertiary/aromatic N) is 1. The lowest BCUT2D eigenvalue weighted by Gasteiger charge is -1.96. The lowest BCUT2D eigenvalue weighted by Crippen LogP contribution is -1.97. The fourth-order valence-electron chi connectivity index (χ4n) is 1.41. The molecule has 0 spiro atoms. The number of unbranched alkanes of at least 4 members (excludes halogenated alkanes) is 3. The van der Waals surface area contributed by atoms with E-state index in [0.717, 1.165) is 19.5 Å². The first-order chi connectivity index (χ1) is 7.43. The van der Waals surface area contributed by atoms with Crippen LogP contribution >= 0.6 is 0 Å².